The van der Waals surface area contributed by atoms with Crippen molar-refractivity contribution in [1.82, 2.24) is 19.7 Å². The molecule has 0 unspecified atom stereocenters. The molecule has 3 aromatic rings. The Balaban J connectivity index is 2.14. The van der Waals surface area contributed by atoms with Gasteiger partial charge < -0.3 is 4.98 Å². The van der Waals surface area contributed by atoms with Crippen molar-refractivity contribution in [3.63, 3.8) is 0 Å². The lowest BCUT2D eigenvalue weighted by Gasteiger charge is -2.15. The summed E-state index contributed by atoms with van der Waals surface area (Å²) in [5, 5.41) is 3.47. The van der Waals surface area contributed by atoms with E-state index in [1.165, 1.54) is 19.1 Å². The molecule has 0 fully saturated rings. The van der Waals surface area contributed by atoms with Crippen LogP contribution in [-0.2, 0) is 6.18 Å². The average Bonchev–Trinajstić information content (AvgIpc) is 2.93. The maximum absolute atomic E-state index is 13.3. The first-order valence-corrected chi connectivity index (χ1v) is 7.54. The zero-order valence-corrected chi connectivity index (χ0v) is 13.6. The minimum Gasteiger partial charge on any atom is -0.310 e. The van der Waals surface area contributed by atoms with Crippen LogP contribution in [0.25, 0.3) is 11.0 Å². The molecule has 0 aliphatic rings. The van der Waals surface area contributed by atoms with E-state index in [0.29, 0.717) is 5.56 Å². The zero-order chi connectivity index (χ0) is 19.2. The van der Waals surface area contributed by atoms with E-state index in [4.69, 9.17) is 0 Å². The maximum Gasteiger partial charge on any atom is 0.416 e. The molecule has 138 valence electrons. The van der Waals surface area contributed by atoms with Gasteiger partial charge in [-0.3, -0.25) is 4.79 Å². The summed E-state index contributed by atoms with van der Waals surface area (Å²) >= 11 is 0. The molecule has 2 aromatic heterocycles. The second kappa shape index (κ2) is 6.19. The molecule has 26 heavy (non-hydrogen) atoms. The molecule has 2 heterocycles. The summed E-state index contributed by atoms with van der Waals surface area (Å²) in [4.78, 5) is 18.5. The van der Waals surface area contributed by atoms with Crippen molar-refractivity contribution in [2.24, 2.45) is 0 Å². The molecule has 1 atom stereocenters. The van der Waals surface area contributed by atoms with Gasteiger partial charge in [0.15, 0.2) is 5.65 Å². The van der Waals surface area contributed by atoms with Crippen LogP contribution in [-0.4, -0.2) is 19.7 Å². The number of nitrogens with zero attached hydrogens (tertiary/aromatic N) is 3. The molecule has 3 rings (SSSR count). The number of halogens is 5. The number of rotatable bonds is 3. The number of aryl methyl sites for hydroxylation is 1. The lowest BCUT2D eigenvalue weighted by molar-refractivity contribution is -0.137. The van der Waals surface area contributed by atoms with Crippen LogP contribution in [0.3, 0.4) is 0 Å². The fraction of sp³-hybridized carbons (Fsp3) is 0.312. The number of alkyl halides is 5. The SMILES string of the molecule is Cc1nc2c(c(C(F)F)nn2[C@@H](C)c2ccc(C(F)(F)F)cc2)c(=O)[nH]1. The summed E-state index contributed by atoms with van der Waals surface area (Å²) in [6, 6.07) is 3.57. The third kappa shape index (κ3) is 3.06. The maximum atomic E-state index is 13.3. The molecule has 10 heteroatoms. The molecule has 0 saturated heterocycles. The molecule has 0 aliphatic heterocycles. The number of aromatic amines is 1. The fourth-order valence-corrected chi connectivity index (χ4v) is 2.70. The molecular weight excluding hydrogens is 359 g/mol. The van der Waals surface area contributed by atoms with Gasteiger partial charge >= 0.3 is 6.18 Å². The second-order valence-corrected chi connectivity index (χ2v) is 5.78. The van der Waals surface area contributed by atoms with Crippen LogP contribution < -0.4 is 5.56 Å². The van der Waals surface area contributed by atoms with Crippen LogP contribution in [0.4, 0.5) is 22.0 Å². The number of hydrogen-bond acceptors (Lipinski definition) is 3. The van der Waals surface area contributed by atoms with Crippen molar-refractivity contribution in [2.45, 2.75) is 32.5 Å². The summed E-state index contributed by atoms with van der Waals surface area (Å²) in [6.07, 6.45) is -7.47. The fourth-order valence-electron chi connectivity index (χ4n) is 2.70. The van der Waals surface area contributed by atoms with E-state index in [2.05, 4.69) is 15.1 Å². The Morgan fingerprint density at radius 3 is 2.31 bits per heavy atom. The predicted octanol–water partition coefficient (Wildman–Crippen LogP) is 3.99. The molecule has 0 saturated carbocycles. The molecule has 0 bridgehead atoms. The molecule has 1 N–H and O–H groups in total. The largest absolute Gasteiger partial charge is 0.416 e. The van der Waals surface area contributed by atoms with E-state index in [1.807, 2.05) is 0 Å². The van der Waals surface area contributed by atoms with E-state index in [-0.39, 0.29) is 16.9 Å². The van der Waals surface area contributed by atoms with Crippen molar-refractivity contribution >= 4 is 11.0 Å². The molecule has 1 aromatic carbocycles. The lowest BCUT2D eigenvalue weighted by Crippen LogP contribution is -2.13. The van der Waals surface area contributed by atoms with Gasteiger partial charge in [-0.2, -0.15) is 18.3 Å². The van der Waals surface area contributed by atoms with Gasteiger partial charge in [0.25, 0.3) is 12.0 Å². The van der Waals surface area contributed by atoms with Crippen LogP contribution in [0.15, 0.2) is 29.1 Å². The van der Waals surface area contributed by atoms with Crippen molar-refractivity contribution in [3.05, 3.63) is 57.3 Å². The number of fused-ring (bicyclic) bond motifs is 1. The van der Waals surface area contributed by atoms with Gasteiger partial charge in [-0.05, 0) is 31.5 Å². The highest BCUT2D eigenvalue weighted by atomic mass is 19.4. The smallest absolute Gasteiger partial charge is 0.310 e. The van der Waals surface area contributed by atoms with Gasteiger partial charge in [-0.25, -0.2) is 18.4 Å². The van der Waals surface area contributed by atoms with Crippen molar-refractivity contribution < 1.29 is 22.0 Å². The van der Waals surface area contributed by atoms with Gasteiger partial charge in [0, 0.05) is 0 Å². The van der Waals surface area contributed by atoms with E-state index >= 15 is 0 Å². The third-order valence-electron chi connectivity index (χ3n) is 4.00. The Labute approximate surface area is 143 Å². The molecule has 0 spiro atoms. The van der Waals surface area contributed by atoms with E-state index in [0.717, 1.165) is 16.8 Å². The van der Waals surface area contributed by atoms with E-state index in [9.17, 15) is 26.7 Å². The molecule has 0 radical (unpaired) electrons. The molecular formula is C16H13F5N4O. The summed E-state index contributed by atoms with van der Waals surface area (Å²) < 4.78 is 65.7. The normalized spacial score (nSPS) is 13.5. The second-order valence-electron chi connectivity index (χ2n) is 5.78. The average molecular weight is 372 g/mol. The summed E-state index contributed by atoms with van der Waals surface area (Å²) in [6.45, 7) is 3.06. The van der Waals surface area contributed by atoms with Gasteiger partial charge in [-0.1, -0.05) is 12.1 Å². The summed E-state index contributed by atoms with van der Waals surface area (Å²) in [7, 11) is 0. The number of hydrogen-bond donors (Lipinski definition) is 1. The number of aromatic nitrogens is 4. The van der Waals surface area contributed by atoms with Gasteiger partial charge in [0.05, 0.1) is 11.6 Å². The van der Waals surface area contributed by atoms with Gasteiger partial charge in [0.1, 0.15) is 16.9 Å². The van der Waals surface area contributed by atoms with Crippen molar-refractivity contribution in [2.75, 3.05) is 0 Å². The highest BCUT2D eigenvalue weighted by Crippen LogP contribution is 2.32. The summed E-state index contributed by atoms with van der Waals surface area (Å²) in [5.41, 5.74) is -1.92. The minimum absolute atomic E-state index is 0.0473. The number of benzene rings is 1. The van der Waals surface area contributed by atoms with E-state index < -0.39 is 35.5 Å². The van der Waals surface area contributed by atoms with Crippen LogP contribution in [0, 0.1) is 6.92 Å². The Bertz CT molecular complexity index is 1000. The quantitative estimate of drug-likeness (QED) is 0.707. The van der Waals surface area contributed by atoms with Gasteiger partial charge in [0.2, 0.25) is 0 Å². The standard InChI is InChI=1S/C16H13F5N4O/c1-7(9-3-5-10(6-4-9)16(19,20)21)25-14-11(12(24-25)13(17)18)15(26)23-8(2)22-14/h3-7,13H,1-2H3,(H,22,23,26)/t7-/m0/s1. The van der Waals surface area contributed by atoms with Crippen LogP contribution in [0.2, 0.25) is 0 Å². The molecule has 5 nitrogen and oxygen atoms in total. The first kappa shape index (κ1) is 18.0. The zero-order valence-electron chi connectivity index (χ0n) is 13.6. The third-order valence-corrected chi connectivity index (χ3v) is 4.00. The predicted molar refractivity (Wildman–Crippen MR) is 83.1 cm³/mol. The topological polar surface area (TPSA) is 63.6 Å². The van der Waals surface area contributed by atoms with Crippen LogP contribution >= 0.6 is 0 Å². The van der Waals surface area contributed by atoms with Crippen molar-refractivity contribution in [1.29, 1.82) is 0 Å². The highest BCUT2D eigenvalue weighted by molar-refractivity contribution is 5.77. The monoisotopic (exact) mass is 372 g/mol. The lowest BCUT2D eigenvalue weighted by atomic mass is 10.1. The highest BCUT2D eigenvalue weighted by Gasteiger charge is 2.30. The molecule has 0 amide bonds. The van der Waals surface area contributed by atoms with Gasteiger partial charge in [-0.15, -0.1) is 0 Å². The van der Waals surface area contributed by atoms with Crippen LogP contribution in [0.1, 0.15) is 42.0 Å². The molecule has 0 aliphatic carbocycles. The Hall–Kier alpha value is -2.78. The van der Waals surface area contributed by atoms with E-state index in [1.54, 1.807) is 6.92 Å². The first-order chi connectivity index (χ1) is 12.1. The van der Waals surface area contributed by atoms with Crippen molar-refractivity contribution in [3.8, 4) is 0 Å². The number of H-pyrrole nitrogens is 1. The summed E-state index contributed by atoms with van der Waals surface area (Å²) in [5.74, 6) is 0.212. The Kier molecular flexibility index (Phi) is 4.29. The Morgan fingerprint density at radius 2 is 1.77 bits per heavy atom. The number of nitrogens with one attached hydrogen (secondary N) is 1. The first-order valence-electron chi connectivity index (χ1n) is 7.54. The minimum atomic E-state index is -4.48. The van der Waals surface area contributed by atoms with Crippen LogP contribution in [0.5, 0.6) is 0 Å². The Morgan fingerprint density at radius 1 is 1.15 bits per heavy atom.